The number of hydrogen-bond donors (Lipinski definition) is 2. The van der Waals surface area contributed by atoms with Crippen LogP contribution >= 0.6 is 0 Å². The molecule has 0 aliphatic rings. The van der Waals surface area contributed by atoms with Crippen LogP contribution in [0.4, 0.5) is 0 Å². The minimum absolute atomic E-state index is 0.0478. The summed E-state index contributed by atoms with van der Waals surface area (Å²) in [4.78, 5) is 11.1. The van der Waals surface area contributed by atoms with Gasteiger partial charge in [-0.05, 0) is 12.5 Å². The molecule has 1 rings (SSSR count). The predicted octanol–water partition coefficient (Wildman–Crippen LogP) is 0.927. The third-order valence-electron chi connectivity index (χ3n) is 2.35. The maximum atomic E-state index is 11.1. The standard InChI is InChI=1S/C11H17NO4/c1-3-9(6-13)12-5-10-4-8(7-16-10)11(14)15-2/h4,7,9,12-13H,3,5-6H2,1-2H3/t9-/m1/s1. The molecule has 2 N–H and O–H groups in total. The molecule has 0 fully saturated rings. The Balaban J connectivity index is 2.49. The Bertz CT molecular complexity index is 330. The Labute approximate surface area is 94.4 Å². The fraction of sp³-hybridized carbons (Fsp3) is 0.545. The first-order valence-electron chi connectivity index (χ1n) is 5.21. The number of nitrogens with one attached hydrogen (secondary N) is 1. The number of carbonyl (C=O) groups is 1. The largest absolute Gasteiger partial charge is 0.467 e. The van der Waals surface area contributed by atoms with Gasteiger partial charge in [0, 0.05) is 6.04 Å². The molecule has 1 heterocycles. The van der Waals surface area contributed by atoms with E-state index in [1.807, 2.05) is 6.92 Å². The average molecular weight is 227 g/mol. The fourth-order valence-electron chi connectivity index (χ4n) is 1.28. The summed E-state index contributed by atoms with van der Waals surface area (Å²) in [5, 5.41) is 12.1. The van der Waals surface area contributed by atoms with Crippen LogP contribution in [0, 0.1) is 0 Å². The fourth-order valence-corrected chi connectivity index (χ4v) is 1.28. The third-order valence-corrected chi connectivity index (χ3v) is 2.35. The Morgan fingerprint density at radius 2 is 2.44 bits per heavy atom. The highest BCUT2D eigenvalue weighted by molar-refractivity contribution is 5.88. The summed E-state index contributed by atoms with van der Waals surface area (Å²) < 4.78 is 9.74. The molecular formula is C11H17NO4. The van der Waals surface area contributed by atoms with Gasteiger partial charge in [-0.3, -0.25) is 0 Å². The summed E-state index contributed by atoms with van der Waals surface area (Å²) >= 11 is 0. The zero-order chi connectivity index (χ0) is 12.0. The van der Waals surface area contributed by atoms with Crippen molar-refractivity contribution in [1.29, 1.82) is 0 Å². The molecule has 16 heavy (non-hydrogen) atoms. The van der Waals surface area contributed by atoms with Crippen molar-refractivity contribution in [2.45, 2.75) is 25.9 Å². The van der Waals surface area contributed by atoms with Crippen LogP contribution in [-0.4, -0.2) is 30.8 Å². The quantitative estimate of drug-likeness (QED) is 0.707. The summed E-state index contributed by atoms with van der Waals surface area (Å²) in [6, 6.07) is 1.68. The van der Waals surface area contributed by atoms with Gasteiger partial charge in [0.1, 0.15) is 12.0 Å². The lowest BCUT2D eigenvalue weighted by Crippen LogP contribution is -2.30. The highest BCUT2D eigenvalue weighted by Gasteiger charge is 2.11. The number of hydrogen-bond acceptors (Lipinski definition) is 5. The Morgan fingerprint density at radius 1 is 1.69 bits per heavy atom. The topological polar surface area (TPSA) is 71.7 Å². The van der Waals surface area contributed by atoms with Crippen molar-refractivity contribution in [3.05, 3.63) is 23.7 Å². The van der Waals surface area contributed by atoms with Gasteiger partial charge in [-0.2, -0.15) is 0 Å². The summed E-state index contributed by atoms with van der Waals surface area (Å²) in [6.07, 6.45) is 2.20. The number of ether oxygens (including phenoxy) is 1. The van der Waals surface area contributed by atoms with Crippen LogP contribution in [0.3, 0.4) is 0 Å². The molecule has 0 saturated carbocycles. The van der Waals surface area contributed by atoms with Gasteiger partial charge in [-0.15, -0.1) is 0 Å². The average Bonchev–Trinajstić information content (AvgIpc) is 2.78. The van der Waals surface area contributed by atoms with E-state index in [2.05, 4.69) is 10.1 Å². The Morgan fingerprint density at radius 3 is 3.00 bits per heavy atom. The smallest absolute Gasteiger partial charge is 0.341 e. The van der Waals surface area contributed by atoms with Gasteiger partial charge in [0.05, 0.1) is 25.8 Å². The van der Waals surface area contributed by atoms with Crippen LogP contribution in [0.1, 0.15) is 29.5 Å². The maximum absolute atomic E-state index is 11.1. The van der Waals surface area contributed by atoms with E-state index >= 15 is 0 Å². The first kappa shape index (κ1) is 12.7. The first-order valence-corrected chi connectivity index (χ1v) is 5.21. The number of carbonyl (C=O) groups excluding carboxylic acids is 1. The van der Waals surface area contributed by atoms with Crippen LogP contribution < -0.4 is 5.32 Å². The molecule has 0 aliphatic heterocycles. The van der Waals surface area contributed by atoms with Gasteiger partial charge < -0.3 is 19.6 Å². The van der Waals surface area contributed by atoms with E-state index in [0.717, 1.165) is 6.42 Å². The maximum Gasteiger partial charge on any atom is 0.341 e. The second-order valence-electron chi connectivity index (χ2n) is 3.46. The van der Waals surface area contributed by atoms with E-state index in [0.29, 0.717) is 17.9 Å². The molecule has 5 heteroatoms. The number of aliphatic hydroxyl groups is 1. The van der Waals surface area contributed by atoms with Crippen LogP contribution in [0.15, 0.2) is 16.7 Å². The second-order valence-corrected chi connectivity index (χ2v) is 3.46. The first-order chi connectivity index (χ1) is 7.71. The van der Waals surface area contributed by atoms with Crippen molar-refractivity contribution in [3.63, 3.8) is 0 Å². The van der Waals surface area contributed by atoms with Crippen molar-refractivity contribution < 1.29 is 19.1 Å². The number of aliphatic hydroxyl groups excluding tert-OH is 1. The predicted molar refractivity (Wildman–Crippen MR) is 58.1 cm³/mol. The lowest BCUT2D eigenvalue weighted by molar-refractivity contribution is 0.0600. The molecule has 1 atom stereocenters. The van der Waals surface area contributed by atoms with Crippen molar-refractivity contribution in [1.82, 2.24) is 5.32 Å². The van der Waals surface area contributed by atoms with Gasteiger partial charge >= 0.3 is 5.97 Å². The molecular weight excluding hydrogens is 210 g/mol. The van der Waals surface area contributed by atoms with Crippen LogP contribution in [0.25, 0.3) is 0 Å². The molecule has 90 valence electrons. The summed E-state index contributed by atoms with van der Waals surface area (Å²) in [6.45, 7) is 2.55. The van der Waals surface area contributed by atoms with Gasteiger partial charge in [-0.25, -0.2) is 4.79 Å². The van der Waals surface area contributed by atoms with Crippen molar-refractivity contribution >= 4 is 5.97 Å². The van der Waals surface area contributed by atoms with Crippen molar-refractivity contribution in [2.24, 2.45) is 0 Å². The Kier molecular flexibility index (Phi) is 5.01. The summed E-state index contributed by atoms with van der Waals surface area (Å²) in [5.41, 5.74) is 0.399. The zero-order valence-corrected chi connectivity index (χ0v) is 9.53. The van der Waals surface area contributed by atoms with Gasteiger partial charge in [-0.1, -0.05) is 6.92 Å². The van der Waals surface area contributed by atoms with Gasteiger partial charge in [0.2, 0.25) is 0 Å². The van der Waals surface area contributed by atoms with Gasteiger partial charge in [0.25, 0.3) is 0 Å². The molecule has 0 unspecified atom stereocenters. The molecule has 0 saturated heterocycles. The molecule has 0 aromatic carbocycles. The zero-order valence-electron chi connectivity index (χ0n) is 9.53. The Hall–Kier alpha value is -1.33. The number of esters is 1. The minimum atomic E-state index is -0.413. The van der Waals surface area contributed by atoms with E-state index in [1.165, 1.54) is 13.4 Å². The second kappa shape index (κ2) is 6.30. The number of furan rings is 1. The molecule has 1 aromatic heterocycles. The monoisotopic (exact) mass is 227 g/mol. The molecule has 1 aromatic rings. The molecule has 0 bridgehead atoms. The van der Waals surface area contributed by atoms with E-state index in [4.69, 9.17) is 9.52 Å². The number of rotatable bonds is 6. The van der Waals surface area contributed by atoms with Gasteiger partial charge in [0.15, 0.2) is 0 Å². The summed E-state index contributed by atoms with van der Waals surface area (Å²) in [5.74, 6) is 0.233. The van der Waals surface area contributed by atoms with E-state index < -0.39 is 5.97 Å². The number of methoxy groups -OCH3 is 1. The molecule has 0 aliphatic carbocycles. The molecule has 5 nitrogen and oxygen atoms in total. The van der Waals surface area contributed by atoms with E-state index in [-0.39, 0.29) is 12.6 Å². The normalized spacial score (nSPS) is 12.4. The lowest BCUT2D eigenvalue weighted by atomic mass is 10.2. The van der Waals surface area contributed by atoms with Crippen LogP contribution in [-0.2, 0) is 11.3 Å². The minimum Gasteiger partial charge on any atom is -0.467 e. The molecule has 0 amide bonds. The highest BCUT2D eigenvalue weighted by Crippen LogP contribution is 2.09. The van der Waals surface area contributed by atoms with E-state index in [1.54, 1.807) is 6.07 Å². The van der Waals surface area contributed by atoms with Crippen molar-refractivity contribution in [3.8, 4) is 0 Å². The van der Waals surface area contributed by atoms with Crippen molar-refractivity contribution in [2.75, 3.05) is 13.7 Å². The van der Waals surface area contributed by atoms with Crippen LogP contribution in [0.5, 0.6) is 0 Å². The molecule has 0 spiro atoms. The summed E-state index contributed by atoms with van der Waals surface area (Å²) in [7, 11) is 1.33. The lowest BCUT2D eigenvalue weighted by Gasteiger charge is -2.11. The van der Waals surface area contributed by atoms with E-state index in [9.17, 15) is 4.79 Å². The third kappa shape index (κ3) is 3.36. The molecule has 0 radical (unpaired) electrons. The highest BCUT2D eigenvalue weighted by atomic mass is 16.5. The SMILES string of the molecule is CC[C@H](CO)NCc1cc(C(=O)OC)co1. The van der Waals surface area contributed by atoms with Crippen LogP contribution in [0.2, 0.25) is 0 Å².